The molecule has 216 valence electrons. The van der Waals surface area contributed by atoms with Gasteiger partial charge in [0.25, 0.3) is 0 Å². The van der Waals surface area contributed by atoms with E-state index in [2.05, 4.69) is 0 Å². The van der Waals surface area contributed by atoms with Gasteiger partial charge >= 0.3 is 0 Å². The highest BCUT2D eigenvalue weighted by atomic mass is 35.5. The van der Waals surface area contributed by atoms with Gasteiger partial charge in [-0.1, -0.05) is 72.3 Å². The minimum atomic E-state index is -0.599. The first kappa shape index (κ1) is 27.1. The summed E-state index contributed by atoms with van der Waals surface area (Å²) in [6.07, 6.45) is 0. The van der Waals surface area contributed by atoms with Crippen molar-refractivity contribution < 1.29 is 25.5 Å². The fraction of sp³-hybridized carbons (Fsp3) is 0.0294. The zero-order valence-corrected chi connectivity index (χ0v) is 23.8. The normalized spacial score (nSPS) is 11.4. The van der Waals surface area contributed by atoms with Crippen LogP contribution in [0.25, 0.3) is 61.7 Å². The molecule has 0 bridgehead atoms. The van der Waals surface area contributed by atoms with E-state index in [-0.39, 0.29) is 39.1 Å². The van der Waals surface area contributed by atoms with Crippen LogP contribution in [-0.4, -0.2) is 45.1 Å². The molecule has 0 saturated carbocycles. The molecule has 0 aliphatic carbocycles. The number of aromatic nitrogens is 4. The molecule has 7 aromatic rings. The van der Waals surface area contributed by atoms with Crippen molar-refractivity contribution in [2.75, 3.05) is 0 Å². The summed E-state index contributed by atoms with van der Waals surface area (Å²) in [6, 6.07) is 26.2. The van der Waals surface area contributed by atoms with Crippen LogP contribution in [-0.2, 0) is 0 Å². The number of halogens is 1. The van der Waals surface area contributed by atoms with Gasteiger partial charge in [-0.2, -0.15) is 0 Å². The molecule has 9 nitrogen and oxygen atoms in total. The zero-order valence-electron chi connectivity index (χ0n) is 23.1. The van der Waals surface area contributed by atoms with E-state index in [0.717, 1.165) is 17.2 Å². The molecule has 2 aromatic heterocycles. The third-order valence-electron chi connectivity index (χ3n) is 7.51. The van der Waals surface area contributed by atoms with Crippen molar-refractivity contribution in [2.24, 2.45) is 0 Å². The second kappa shape index (κ2) is 10.2. The third kappa shape index (κ3) is 4.21. The van der Waals surface area contributed by atoms with Crippen molar-refractivity contribution in [1.82, 2.24) is 19.5 Å². The lowest BCUT2D eigenvalue weighted by molar-refractivity contribution is 0.402. The highest BCUT2D eigenvalue weighted by Crippen LogP contribution is 2.52. The Hall–Kier alpha value is -5.80. The molecular weight excluding hydrogens is 580 g/mol. The van der Waals surface area contributed by atoms with Crippen molar-refractivity contribution in [3.8, 4) is 68.6 Å². The smallest absolute Gasteiger partial charge is 0.168 e. The highest BCUT2D eigenvalue weighted by molar-refractivity contribution is 6.31. The van der Waals surface area contributed by atoms with Crippen LogP contribution in [0.15, 0.2) is 91.0 Å². The third-order valence-corrected chi connectivity index (χ3v) is 7.75. The van der Waals surface area contributed by atoms with Crippen LogP contribution in [0.5, 0.6) is 28.7 Å². The van der Waals surface area contributed by atoms with Crippen LogP contribution < -0.4 is 0 Å². The van der Waals surface area contributed by atoms with Gasteiger partial charge in [-0.25, -0.2) is 15.0 Å². The van der Waals surface area contributed by atoms with Crippen molar-refractivity contribution in [3.05, 3.63) is 102 Å². The summed E-state index contributed by atoms with van der Waals surface area (Å²) in [5.74, 6) is -0.999. The van der Waals surface area contributed by atoms with E-state index >= 15 is 0 Å². The molecule has 5 N–H and O–H groups in total. The second-order valence-electron chi connectivity index (χ2n) is 10.3. The Kier molecular flexibility index (Phi) is 6.26. The van der Waals surface area contributed by atoms with E-state index in [1.54, 1.807) is 25.1 Å². The lowest BCUT2D eigenvalue weighted by Gasteiger charge is -2.16. The van der Waals surface area contributed by atoms with Gasteiger partial charge < -0.3 is 30.1 Å². The van der Waals surface area contributed by atoms with Crippen LogP contribution >= 0.6 is 11.6 Å². The van der Waals surface area contributed by atoms with Gasteiger partial charge in [0.05, 0.1) is 16.5 Å². The van der Waals surface area contributed by atoms with Crippen LogP contribution in [0.1, 0.15) is 5.56 Å². The van der Waals surface area contributed by atoms with Crippen molar-refractivity contribution >= 4 is 33.4 Å². The molecule has 0 aliphatic heterocycles. The predicted octanol–water partition coefficient (Wildman–Crippen LogP) is 7.46. The molecule has 0 saturated heterocycles. The molecule has 0 unspecified atom stereocenters. The number of hydrogen-bond donors (Lipinski definition) is 5. The zero-order chi connectivity index (χ0) is 30.7. The standard InChI is InChI=1S/C34H23ClN4O5/c1-17-14-23(40)28-26(30(17)43)27-29(24(41)16-25(42)31(27)44)39(28)22-15-20(35)12-13-21(22)34-37-32(18-8-4-2-5-9-18)36-33(38-34)19-10-6-3-7-11-19/h2-16,40-44H,1H3. The summed E-state index contributed by atoms with van der Waals surface area (Å²) in [5.41, 5.74) is 2.67. The highest BCUT2D eigenvalue weighted by Gasteiger charge is 2.28. The average Bonchev–Trinajstić information content (AvgIpc) is 3.41. The quantitative estimate of drug-likeness (QED) is 0.103. The van der Waals surface area contributed by atoms with Crippen molar-refractivity contribution in [2.45, 2.75) is 6.92 Å². The van der Waals surface area contributed by atoms with Gasteiger partial charge in [0.1, 0.15) is 28.3 Å². The largest absolute Gasteiger partial charge is 0.507 e. The van der Waals surface area contributed by atoms with Gasteiger partial charge in [0, 0.05) is 27.8 Å². The van der Waals surface area contributed by atoms with E-state index < -0.39 is 17.2 Å². The van der Waals surface area contributed by atoms with E-state index in [1.807, 2.05) is 60.7 Å². The van der Waals surface area contributed by atoms with E-state index in [9.17, 15) is 25.5 Å². The molecule has 0 fully saturated rings. The maximum absolute atomic E-state index is 11.3. The predicted molar refractivity (Wildman–Crippen MR) is 169 cm³/mol. The fourth-order valence-electron chi connectivity index (χ4n) is 5.50. The van der Waals surface area contributed by atoms with Crippen LogP contribution in [0.2, 0.25) is 5.02 Å². The van der Waals surface area contributed by atoms with Crippen molar-refractivity contribution in [1.29, 1.82) is 0 Å². The van der Waals surface area contributed by atoms with Gasteiger partial charge in [0.15, 0.2) is 29.0 Å². The van der Waals surface area contributed by atoms with Gasteiger partial charge in [-0.3, -0.25) is 0 Å². The first-order valence-corrected chi connectivity index (χ1v) is 13.9. The van der Waals surface area contributed by atoms with Crippen molar-refractivity contribution in [3.63, 3.8) is 0 Å². The Balaban J connectivity index is 1.62. The number of benzene rings is 5. The number of phenols is 5. The average molecular weight is 603 g/mol. The molecule has 7 rings (SSSR count). The Labute approximate surface area is 255 Å². The summed E-state index contributed by atoms with van der Waals surface area (Å²) < 4.78 is 1.46. The summed E-state index contributed by atoms with van der Waals surface area (Å²) in [4.78, 5) is 14.4. The molecule has 0 radical (unpaired) electrons. The summed E-state index contributed by atoms with van der Waals surface area (Å²) >= 11 is 6.54. The van der Waals surface area contributed by atoms with E-state index in [1.165, 1.54) is 10.6 Å². The first-order chi connectivity index (χ1) is 21.2. The summed E-state index contributed by atoms with van der Waals surface area (Å²) in [6.45, 7) is 1.59. The molecular formula is C34H23ClN4O5. The maximum atomic E-state index is 11.3. The topological polar surface area (TPSA) is 145 Å². The summed E-state index contributed by atoms with van der Waals surface area (Å²) in [5, 5.41) is 55.2. The summed E-state index contributed by atoms with van der Waals surface area (Å²) in [7, 11) is 0. The number of aromatic hydroxyl groups is 5. The van der Waals surface area contributed by atoms with E-state index in [0.29, 0.717) is 33.5 Å². The Morgan fingerprint density at radius 1 is 0.568 bits per heavy atom. The number of aryl methyl sites for hydroxylation is 1. The number of fused-ring (bicyclic) bond motifs is 3. The lowest BCUT2D eigenvalue weighted by atomic mass is 10.1. The molecule has 44 heavy (non-hydrogen) atoms. The monoisotopic (exact) mass is 602 g/mol. The molecule has 2 heterocycles. The number of rotatable bonds is 4. The number of nitrogens with zero attached hydrogens (tertiary/aromatic N) is 4. The molecule has 10 heteroatoms. The SMILES string of the molecule is Cc1cc(O)c2c(c1O)c1c(O)c(O)cc(O)c1n2-c1cc(Cl)ccc1-c1nc(-c2ccccc2)nc(-c2ccccc2)n1. The second-order valence-corrected chi connectivity index (χ2v) is 10.7. The Morgan fingerprint density at radius 2 is 1.09 bits per heavy atom. The molecule has 0 aliphatic rings. The Bertz CT molecular complexity index is 2120. The van der Waals surface area contributed by atoms with Gasteiger partial charge in [-0.15, -0.1) is 0 Å². The molecule has 0 atom stereocenters. The van der Waals surface area contributed by atoms with Crippen LogP contribution in [0.3, 0.4) is 0 Å². The first-order valence-electron chi connectivity index (χ1n) is 13.5. The minimum absolute atomic E-state index is 0.00985. The van der Waals surface area contributed by atoms with E-state index in [4.69, 9.17) is 26.6 Å². The minimum Gasteiger partial charge on any atom is -0.507 e. The Morgan fingerprint density at radius 3 is 1.68 bits per heavy atom. The molecule has 0 spiro atoms. The lowest BCUT2D eigenvalue weighted by Crippen LogP contribution is -2.04. The van der Waals surface area contributed by atoms with Gasteiger partial charge in [0.2, 0.25) is 0 Å². The fourth-order valence-corrected chi connectivity index (χ4v) is 5.67. The molecule has 5 aromatic carbocycles. The molecule has 0 amide bonds. The van der Waals surface area contributed by atoms with Crippen LogP contribution in [0.4, 0.5) is 0 Å². The number of hydrogen-bond acceptors (Lipinski definition) is 8. The number of phenolic OH excluding ortho intramolecular Hbond substituents is 5. The van der Waals surface area contributed by atoms with Gasteiger partial charge in [-0.05, 0) is 36.8 Å². The maximum Gasteiger partial charge on any atom is 0.168 e. The van der Waals surface area contributed by atoms with Crippen LogP contribution in [0, 0.1) is 6.92 Å².